The number of aryl methyl sites for hydroxylation is 2. The number of para-hydroxylation sites is 1. The Morgan fingerprint density at radius 2 is 2.05 bits per heavy atom. The zero-order valence-corrected chi connectivity index (χ0v) is 23.4. The van der Waals surface area contributed by atoms with Crippen molar-refractivity contribution >= 4 is 30.0 Å². The van der Waals surface area contributed by atoms with E-state index >= 15 is 0 Å². The van der Waals surface area contributed by atoms with Crippen LogP contribution in [-0.2, 0) is 24.0 Å². The molecule has 1 atom stereocenters. The topological polar surface area (TPSA) is 65.6 Å². The number of hydrogen-bond acceptors (Lipinski definition) is 8. The highest BCUT2D eigenvalue weighted by atomic mass is 32.1. The van der Waals surface area contributed by atoms with Crippen molar-refractivity contribution in [2.45, 2.75) is 50.4 Å². The van der Waals surface area contributed by atoms with Crippen LogP contribution in [0.5, 0.6) is 0 Å². The van der Waals surface area contributed by atoms with Crippen LogP contribution in [-0.4, -0.2) is 41.6 Å². The van der Waals surface area contributed by atoms with Gasteiger partial charge in [0.15, 0.2) is 22.5 Å². The first-order valence-electron chi connectivity index (χ1n) is 13.3. The number of anilines is 3. The number of likely N-dealkylation sites (N-methyl/N-ethyl adjacent to an activating group) is 1. The molecule has 0 bridgehead atoms. The Bertz CT molecular complexity index is 1300. The van der Waals surface area contributed by atoms with Crippen molar-refractivity contribution in [2.24, 2.45) is 0 Å². The van der Waals surface area contributed by atoms with Gasteiger partial charge in [-0.1, -0.05) is 36.9 Å². The Labute approximate surface area is 231 Å². The zero-order chi connectivity index (χ0) is 26.9. The summed E-state index contributed by atoms with van der Waals surface area (Å²) in [6.07, 6.45) is 9.48. The molecule has 1 aromatic heterocycles. The van der Waals surface area contributed by atoms with Crippen molar-refractivity contribution in [1.29, 1.82) is 0 Å². The van der Waals surface area contributed by atoms with E-state index in [1.807, 2.05) is 4.90 Å². The molecule has 3 aliphatic rings. The Balaban J connectivity index is 1.11. The highest BCUT2D eigenvalue weighted by molar-refractivity contribution is 7.81. The summed E-state index contributed by atoms with van der Waals surface area (Å²) in [5, 5.41) is 6.82. The van der Waals surface area contributed by atoms with Crippen molar-refractivity contribution in [1.82, 2.24) is 15.3 Å². The van der Waals surface area contributed by atoms with Crippen LogP contribution in [0.2, 0.25) is 0 Å². The van der Waals surface area contributed by atoms with E-state index in [-0.39, 0.29) is 0 Å². The highest BCUT2D eigenvalue weighted by Crippen LogP contribution is 2.37. The number of nitrogens with zero attached hydrogens (tertiary/aromatic N) is 4. The van der Waals surface area contributed by atoms with Gasteiger partial charge >= 0.3 is 0 Å². The van der Waals surface area contributed by atoms with Gasteiger partial charge in [0.25, 0.3) is 0 Å². The molecule has 2 N–H and O–H groups in total. The lowest BCUT2D eigenvalue weighted by Gasteiger charge is -2.24. The first-order chi connectivity index (χ1) is 18.2. The number of benzene rings is 1. The molecule has 200 valence electrons. The normalized spacial score (nSPS) is 20.9. The summed E-state index contributed by atoms with van der Waals surface area (Å²) >= 11 is 4.87. The number of fused-ring (bicyclic) bond motifs is 2. The van der Waals surface area contributed by atoms with Crippen molar-refractivity contribution in [3.05, 3.63) is 89.9 Å². The monoisotopic (exact) mass is 530 g/mol. The van der Waals surface area contributed by atoms with Crippen molar-refractivity contribution in [3.63, 3.8) is 0 Å². The van der Waals surface area contributed by atoms with E-state index in [9.17, 15) is 0 Å². The molecule has 1 aromatic carbocycles. The molecule has 2 aromatic rings. The summed E-state index contributed by atoms with van der Waals surface area (Å²) in [5.41, 5.74) is 8.36. The van der Waals surface area contributed by atoms with Crippen LogP contribution in [0, 0.1) is 0 Å². The number of ether oxygens (including phenoxy) is 1. The van der Waals surface area contributed by atoms with E-state index in [0.717, 1.165) is 74.5 Å². The van der Waals surface area contributed by atoms with Gasteiger partial charge in [-0.15, -0.1) is 12.6 Å². The number of nitrogens with one attached hydrogen (secondary N) is 2. The van der Waals surface area contributed by atoms with Crippen LogP contribution in [0.4, 0.5) is 17.3 Å². The molecule has 7 nitrogen and oxygen atoms in total. The van der Waals surface area contributed by atoms with Crippen LogP contribution in [0.3, 0.4) is 0 Å². The number of thiol groups is 1. The molecule has 1 saturated heterocycles. The zero-order valence-electron chi connectivity index (χ0n) is 22.5. The lowest BCUT2D eigenvalue weighted by Crippen LogP contribution is -2.33. The Morgan fingerprint density at radius 1 is 1.21 bits per heavy atom. The SMILES string of the molecule is C=C1CCc2ncc(N3C[C@](S)(CCNCCCc4cccc5c4N(C)C(=C)C=C(C)C5)OC3=C)nc2N1. The summed E-state index contributed by atoms with van der Waals surface area (Å²) in [4.78, 5) is 12.9. The summed E-state index contributed by atoms with van der Waals surface area (Å²) in [7, 11) is 2.12. The lowest BCUT2D eigenvalue weighted by molar-refractivity contribution is 0.130. The maximum Gasteiger partial charge on any atom is 0.189 e. The van der Waals surface area contributed by atoms with Gasteiger partial charge in [0.05, 0.1) is 18.4 Å². The minimum absolute atomic E-state index is 0.545. The molecule has 0 unspecified atom stereocenters. The van der Waals surface area contributed by atoms with Gasteiger partial charge in [0.2, 0.25) is 0 Å². The van der Waals surface area contributed by atoms with Crippen molar-refractivity contribution < 1.29 is 4.74 Å². The molecule has 38 heavy (non-hydrogen) atoms. The van der Waals surface area contributed by atoms with Crippen molar-refractivity contribution in [3.8, 4) is 0 Å². The van der Waals surface area contributed by atoms with Crippen molar-refractivity contribution in [2.75, 3.05) is 41.8 Å². The first-order valence-corrected chi connectivity index (χ1v) is 13.8. The summed E-state index contributed by atoms with van der Waals surface area (Å²) in [6, 6.07) is 6.65. The number of aromatic nitrogens is 2. The molecule has 4 heterocycles. The molecular weight excluding hydrogens is 492 g/mol. The molecule has 0 spiro atoms. The van der Waals surface area contributed by atoms with Crippen LogP contribution in [0.1, 0.15) is 43.0 Å². The second-order valence-corrected chi connectivity index (χ2v) is 11.3. The molecule has 8 heteroatoms. The summed E-state index contributed by atoms with van der Waals surface area (Å²) in [6.45, 7) is 16.8. The predicted octanol–water partition coefficient (Wildman–Crippen LogP) is 5.35. The molecule has 0 saturated carbocycles. The number of allylic oxidation sites excluding steroid dienone is 3. The minimum Gasteiger partial charge on any atom is -0.460 e. The Kier molecular flexibility index (Phi) is 7.54. The van der Waals surface area contributed by atoms with E-state index in [0.29, 0.717) is 18.2 Å². The van der Waals surface area contributed by atoms with Gasteiger partial charge in [0.1, 0.15) is 0 Å². The van der Waals surface area contributed by atoms with E-state index < -0.39 is 4.93 Å². The molecule has 3 aliphatic heterocycles. The van der Waals surface area contributed by atoms with Gasteiger partial charge in [-0.2, -0.15) is 0 Å². The second kappa shape index (κ2) is 10.9. The van der Waals surface area contributed by atoms with Crippen LogP contribution < -0.4 is 20.4 Å². The smallest absolute Gasteiger partial charge is 0.189 e. The molecule has 0 aliphatic carbocycles. The number of hydrogen-bond donors (Lipinski definition) is 3. The van der Waals surface area contributed by atoms with Gasteiger partial charge in [-0.3, -0.25) is 9.88 Å². The van der Waals surface area contributed by atoms with Crippen LogP contribution in [0.25, 0.3) is 0 Å². The van der Waals surface area contributed by atoms with E-state index in [1.165, 1.54) is 22.4 Å². The standard InChI is InChI=1S/C30H38N6OS/c1-20-16-22(3)35(5)28-24(8-6-9-25(28)17-20)10-7-14-31-15-13-30(38)19-36(23(4)37-30)27-18-32-26-12-11-21(2)33-29(26)34-27/h6,8-9,16,18,31,38H,2-4,7,10-15,17,19H2,1,5H3,(H,33,34)/t30-/m1/s1. The molecule has 1 fully saturated rings. The molecular formula is C30H38N6OS. The fourth-order valence-electron chi connectivity index (χ4n) is 5.41. The average Bonchev–Trinajstić information content (AvgIpc) is 3.13. The maximum atomic E-state index is 6.09. The largest absolute Gasteiger partial charge is 0.460 e. The van der Waals surface area contributed by atoms with Gasteiger partial charge in [-0.05, 0) is 75.9 Å². The number of rotatable bonds is 8. The van der Waals surface area contributed by atoms with E-state index in [1.54, 1.807) is 6.20 Å². The fraction of sp³-hybridized carbons (Fsp3) is 0.400. The van der Waals surface area contributed by atoms with Crippen LogP contribution >= 0.6 is 12.6 Å². The third-order valence-electron chi connectivity index (χ3n) is 7.43. The van der Waals surface area contributed by atoms with E-state index in [2.05, 4.69) is 78.5 Å². The fourth-order valence-corrected chi connectivity index (χ4v) is 5.76. The first kappa shape index (κ1) is 26.4. The summed E-state index contributed by atoms with van der Waals surface area (Å²) < 4.78 is 6.09. The maximum absolute atomic E-state index is 6.09. The van der Waals surface area contributed by atoms with Gasteiger partial charge in [0, 0.05) is 30.5 Å². The quantitative estimate of drug-likeness (QED) is 0.314. The minimum atomic E-state index is -0.636. The Morgan fingerprint density at radius 3 is 2.89 bits per heavy atom. The third kappa shape index (κ3) is 5.61. The molecule has 5 rings (SSSR count). The molecule has 0 amide bonds. The van der Waals surface area contributed by atoms with E-state index in [4.69, 9.17) is 22.3 Å². The second-order valence-electron chi connectivity index (χ2n) is 10.5. The highest BCUT2D eigenvalue weighted by Gasteiger charge is 2.40. The predicted molar refractivity (Wildman–Crippen MR) is 160 cm³/mol. The van der Waals surface area contributed by atoms with Crippen LogP contribution in [0.15, 0.2) is 73.1 Å². The lowest BCUT2D eigenvalue weighted by atomic mass is 9.98. The Hall–Kier alpha value is -3.23. The van der Waals surface area contributed by atoms with Gasteiger partial charge in [-0.25, -0.2) is 4.98 Å². The molecule has 0 radical (unpaired) electrons. The average molecular weight is 531 g/mol. The third-order valence-corrected chi connectivity index (χ3v) is 7.88. The summed E-state index contributed by atoms with van der Waals surface area (Å²) in [5.74, 6) is 2.02. The van der Waals surface area contributed by atoms with Gasteiger partial charge < -0.3 is 20.3 Å².